The normalized spacial score (nSPS) is 20.6. The molecule has 2 heterocycles. The van der Waals surface area contributed by atoms with Gasteiger partial charge in [0.25, 0.3) is 0 Å². The first-order chi connectivity index (χ1) is 13.2. The highest BCUT2D eigenvalue weighted by Crippen LogP contribution is 2.35. The van der Waals surface area contributed by atoms with E-state index in [-0.39, 0.29) is 0 Å². The zero-order valence-corrected chi connectivity index (χ0v) is 17.0. The van der Waals surface area contributed by atoms with Gasteiger partial charge >= 0.3 is 0 Å². The molecule has 1 fully saturated rings. The molecule has 1 unspecified atom stereocenters. The maximum atomic E-state index is 6.35. The number of piperazine rings is 1. The Morgan fingerprint density at radius 1 is 1.26 bits per heavy atom. The van der Waals surface area contributed by atoms with Gasteiger partial charge in [-0.2, -0.15) is 0 Å². The van der Waals surface area contributed by atoms with Crippen LogP contribution in [0.25, 0.3) is 17.0 Å². The number of benzene rings is 1. The van der Waals surface area contributed by atoms with Crippen LogP contribution in [0.15, 0.2) is 35.9 Å². The molecule has 1 aliphatic carbocycles. The number of fused-ring (bicyclic) bond motifs is 3. The lowest BCUT2D eigenvalue weighted by Gasteiger charge is -2.31. The molecule has 0 radical (unpaired) electrons. The van der Waals surface area contributed by atoms with Gasteiger partial charge in [-0.05, 0) is 48.9 Å². The summed E-state index contributed by atoms with van der Waals surface area (Å²) in [6.45, 7) is 8.60. The van der Waals surface area contributed by atoms with E-state index in [0.29, 0.717) is 5.92 Å². The maximum absolute atomic E-state index is 6.35. The van der Waals surface area contributed by atoms with Crippen molar-refractivity contribution in [2.45, 2.75) is 33.1 Å². The number of halogens is 1. The lowest BCUT2D eigenvalue weighted by atomic mass is 9.94. The van der Waals surface area contributed by atoms with Crippen LogP contribution in [0, 0.1) is 5.92 Å². The van der Waals surface area contributed by atoms with Gasteiger partial charge in [0.2, 0.25) is 0 Å². The number of hydrogen-bond acceptors (Lipinski definition) is 3. The van der Waals surface area contributed by atoms with Gasteiger partial charge < -0.3 is 10.2 Å². The predicted octanol–water partition coefficient (Wildman–Crippen LogP) is 5.23. The van der Waals surface area contributed by atoms with E-state index in [1.54, 1.807) is 0 Å². The fourth-order valence-corrected chi connectivity index (χ4v) is 4.36. The van der Waals surface area contributed by atoms with Crippen molar-refractivity contribution in [3.63, 3.8) is 0 Å². The third-order valence-electron chi connectivity index (χ3n) is 5.66. The summed E-state index contributed by atoms with van der Waals surface area (Å²) in [5.41, 5.74) is 5.19. The molecule has 27 heavy (non-hydrogen) atoms. The van der Waals surface area contributed by atoms with Crippen molar-refractivity contribution in [2.24, 2.45) is 5.92 Å². The van der Waals surface area contributed by atoms with E-state index < -0.39 is 0 Å². The average molecular weight is 382 g/mol. The zero-order valence-electron chi connectivity index (χ0n) is 16.3. The van der Waals surface area contributed by atoms with Crippen molar-refractivity contribution in [3.05, 3.63) is 52.1 Å². The van der Waals surface area contributed by atoms with Crippen LogP contribution in [0.1, 0.15) is 37.8 Å². The molecule has 1 aromatic carbocycles. The lowest BCUT2D eigenvalue weighted by Crippen LogP contribution is -2.44. The Bertz CT molecular complexity index is 894. The van der Waals surface area contributed by atoms with E-state index in [2.05, 4.69) is 54.4 Å². The Hall–Kier alpha value is -1.84. The Kier molecular flexibility index (Phi) is 5.51. The summed E-state index contributed by atoms with van der Waals surface area (Å²) in [5.74, 6) is 1.72. The summed E-state index contributed by atoms with van der Waals surface area (Å²) in [5, 5.41) is 5.39. The van der Waals surface area contributed by atoms with Gasteiger partial charge in [0.1, 0.15) is 5.82 Å². The molecule has 142 valence electrons. The summed E-state index contributed by atoms with van der Waals surface area (Å²) in [6.07, 6.45) is 10.2. The number of nitrogens with zero attached hydrogens (tertiary/aromatic N) is 2. The molecule has 1 aliphatic heterocycles. The molecule has 1 atom stereocenters. The molecule has 0 spiro atoms. The Labute approximate surface area is 167 Å². The molecule has 1 saturated heterocycles. The van der Waals surface area contributed by atoms with E-state index >= 15 is 0 Å². The number of allylic oxidation sites excluding steroid dienone is 3. The first-order valence-corrected chi connectivity index (χ1v) is 10.5. The van der Waals surface area contributed by atoms with Crippen LogP contribution in [0.5, 0.6) is 0 Å². The lowest BCUT2D eigenvalue weighted by molar-refractivity contribution is 0.584. The van der Waals surface area contributed by atoms with Crippen molar-refractivity contribution in [1.82, 2.24) is 10.3 Å². The smallest absolute Gasteiger partial charge is 0.133 e. The van der Waals surface area contributed by atoms with Crippen LogP contribution in [0.4, 0.5) is 5.82 Å². The van der Waals surface area contributed by atoms with Crippen LogP contribution >= 0.6 is 11.6 Å². The fraction of sp³-hybridized carbons (Fsp3) is 0.435. The van der Waals surface area contributed by atoms with Crippen molar-refractivity contribution in [3.8, 4) is 0 Å². The number of rotatable bonds is 2. The van der Waals surface area contributed by atoms with Gasteiger partial charge in [0.15, 0.2) is 0 Å². The molecule has 2 aromatic rings. The highest BCUT2D eigenvalue weighted by molar-refractivity contribution is 6.31. The highest BCUT2D eigenvalue weighted by Gasteiger charge is 2.21. The van der Waals surface area contributed by atoms with E-state index in [1.165, 1.54) is 16.7 Å². The van der Waals surface area contributed by atoms with Crippen molar-refractivity contribution < 1.29 is 0 Å². The monoisotopic (exact) mass is 381 g/mol. The molecule has 3 nitrogen and oxygen atoms in total. The number of nitrogens with one attached hydrogen (secondary N) is 1. The molecule has 0 saturated carbocycles. The van der Waals surface area contributed by atoms with Gasteiger partial charge in [-0.3, -0.25) is 0 Å². The fourth-order valence-electron chi connectivity index (χ4n) is 4.19. The Balaban J connectivity index is 1.96. The van der Waals surface area contributed by atoms with Crippen molar-refractivity contribution in [2.75, 3.05) is 31.1 Å². The van der Waals surface area contributed by atoms with Crippen LogP contribution in [-0.4, -0.2) is 31.2 Å². The quantitative estimate of drug-likeness (QED) is 0.722. The van der Waals surface area contributed by atoms with E-state index in [0.717, 1.165) is 67.2 Å². The van der Waals surface area contributed by atoms with E-state index in [1.807, 2.05) is 6.07 Å². The summed E-state index contributed by atoms with van der Waals surface area (Å²) in [6, 6.07) is 6.08. The minimum Gasteiger partial charge on any atom is -0.354 e. The predicted molar refractivity (Wildman–Crippen MR) is 117 cm³/mol. The third kappa shape index (κ3) is 3.90. The maximum Gasteiger partial charge on any atom is 0.133 e. The number of pyridine rings is 1. The van der Waals surface area contributed by atoms with Crippen molar-refractivity contribution in [1.29, 1.82) is 0 Å². The summed E-state index contributed by atoms with van der Waals surface area (Å²) in [4.78, 5) is 7.57. The van der Waals surface area contributed by atoms with E-state index in [9.17, 15) is 0 Å². The highest BCUT2D eigenvalue weighted by atomic mass is 35.5. The molecular weight excluding hydrogens is 354 g/mol. The first-order valence-electron chi connectivity index (χ1n) is 10.1. The molecular formula is C23H28ClN3. The first kappa shape index (κ1) is 18.5. The standard InChI is InChI=1S/C23H28ClN3/c1-3-17-13-16(2)5-4-6-19-20-15-18(24)7-8-22(20)26-23(21(19)14-17)27-11-9-25-10-12-27/h4,6-8,13,15-16,25H,3,5,9-12,14H2,1-2H3. The van der Waals surface area contributed by atoms with E-state index in [4.69, 9.17) is 16.6 Å². The number of hydrogen-bond donors (Lipinski definition) is 1. The molecule has 1 N–H and O–H groups in total. The summed E-state index contributed by atoms with van der Waals surface area (Å²) >= 11 is 6.35. The summed E-state index contributed by atoms with van der Waals surface area (Å²) in [7, 11) is 0. The third-order valence-corrected chi connectivity index (χ3v) is 5.89. The Morgan fingerprint density at radius 3 is 2.85 bits per heavy atom. The molecule has 1 aromatic heterocycles. The summed E-state index contributed by atoms with van der Waals surface area (Å²) < 4.78 is 0. The topological polar surface area (TPSA) is 28.2 Å². The van der Waals surface area contributed by atoms with Crippen LogP contribution in [-0.2, 0) is 6.42 Å². The largest absolute Gasteiger partial charge is 0.354 e. The molecule has 0 amide bonds. The number of anilines is 1. The van der Waals surface area contributed by atoms with Crippen LogP contribution in [0.2, 0.25) is 5.02 Å². The second-order valence-corrected chi connectivity index (χ2v) is 8.13. The second kappa shape index (κ2) is 8.04. The Morgan fingerprint density at radius 2 is 2.07 bits per heavy atom. The molecule has 0 bridgehead atoms. The van der Waals surface area contributed by atoms with Crippen LogP contribution < -0.4 is 10.2 Å². The second-order valence-electron chi connectivity index (χ2n) is 7.70. The van der Waals surface area contributed by atoms with Gasteiger partial charge in [0.05, 0.1) is 5.52 Å². The van der Waals surface area contributed by atoms with Gasteiger partial charge in [0, 0.05) is 42.2 Å². The number of aromatic nitrogens is 1. The minimum absolute atomic E-state index is 0.566. The molecule has 4 heteroatoms. The molecule has 4 rings (SSSR count). The zero-order chi connectivity index (χ0) is 18.8. The van der Waals surface area contributed by atoms with Crippen LogP contribution in [0.3, 0.4) is 0 Å². The van der Waals surface area contributed by atoms with Gasteiger partial charge in [-0.15, -0.1) is 0 Å². The minimum atomic E-state index is 0.566. The SMILES string of the molecule is CCC1=CC(C)CC=Cc2c(c(N3CCNCC3)nc3ccc(Cl)cc23)C1. The average Bonchev–Trinajstić information content (AvgIpc) is 2.76. The molecule has 2 aliphatic rings. The van der Waals surface area contributed by atoms with Crippen molar-refractivity contribution >= 4 is 34.4 Å². The van der Waals surface area contributed by atoms with Gasteiger partial charge in [-0.25, -0.2) is 4.98 Å². The van der Waals surface area contributed by atoms with Gasteiger partial charge in [-0.1, -0.05) is 49.2 Å².